The van der Waals surface area contributed by atoms with E-state index < -0.39 is 24.0 Å². The lowest BCUT2D eigenvalue weighted by molar-refractivity contribution is -0.145. The van der Waals surface area contributed by atoms with Crippen LogP contribution in [0.25, 0.3) is 0 Å². The van der Waals surface area contributed by atoms with Gasteiger partial charge >= 0.3 is 5.97 Å². The second-order valence-corrected chi connectivity index (χ2v) is 4.26. The number of aliphatic hydroxyl groups excluding tert-OH is 1. The van der Waals surface area contributed by atoms with Gasteiger partial charge in [-0.3, -0.25) is 4.79 Å². The summed E-state index contributed by atoms with van der Waals surface area (Å²) in [4.78, 5) is 23.8. The normalized spacial score (nSPS) is 13.0. The first-order valence-electron chi connectivity index (χ1n) is 6.24. The molecular formula is C14H19NO6. The lowest BCUT2D eigenvalue weighted by atomic mass is 10.1. The third kappa shape index (κ3) is 3.85. The molecule has 7 nitrogen and oxygen atoms in total. The first kappa shape index (κ1) is 16.8. The molecule has 2 N–H and O–H groups in total. The van der Waals surface area contributed by atoms with E-state index in [1.807, 2.05) is 0 Å². The van der Waals surface area contributed by atoms with Crippen LogP contribution in [0.15, 0.2) is 18.2 Å². The van der Waals surface area contributed by atoms with Crippen LogP contribution in [-0.2, 0) is 9.53 Å². The van der Waals surface area contributed by atoms with Gasteiger partial charge in [0.05, 0.1) is 33.0 Å². The standard InChI is InChI=1S/C14H19NO6/c1-8(16)11(14(18)21-4)15-13(17)9-6-5-7-10(19-2)12(9)20-3/h5-8,11,16H,1-4H3,(H,15,17)/t8-,11+/m1/s1. The summed E-state index contributed by atoms with van der Waals surface area (Å²) < 4.78 is 14.8. The van der Waals surface area contributed by atoms with Crippen molar-refractivity contribution < 1.29 is 28.9 Å². The summed E-state index contributed by atoms with van der Waals surface area (Å²) in [6, 6.07) is 3.61. The van der Waals surface area contributed by atoms with E-state index in [-0.39, 0.29) is 11.3 Å². The van der Waals surface area contributed by atoms with Crippen LogP contribution in [0.5, 0.6) is 11.5 Å². The summed E-state index contributed by atoms with van der Waals surface area (Å²) in [5, 5.41) is 12.0. The van der Waals surface area contributed by atoms with E-state index >= 15 is 0 Å². The molecule has 1 amide bonds. The number of para-hydroxylation sites is 1. The van der Waals surface area contributed by atoms with Crippen LogP contribution < -0.4 is 14.8 Å². The molecule has 0 aliphatic heterocycles. The maximum Gasteiger partial charge on any atom is 0.331 e. The predicted molar refractivity (Wildman–Crippen MR) is 74.5 cm³/mol. The Morgan fingerprint density at radius 3 is 2.33 bits per heavy atom. The number of rotatable bonds is 6. The fourth-order valence-corrected chi connectivity index (χ4v) is 1.79. The molecule has 0 aromatic heterocycles. The number of benzene rings is 1. The molecule has 0 unspecified atom stereocenters. The van der Waals surface area contributed by atoms with Crippen LogP contribution in [0.4, 0.5) is 0 Å². The van der Waals surface area contributed by atoms with Gasteiger partial charge in [0, 0.05) is 0 Å². The lowest BCUT2D eigenvalue weighted by Gasteiger charge is -2.20. The predicted octanol–water partition coefficient (Wildman–Crippen LogP) is 0.356. The van der Waals surface area contributed by atoms with Crippen LogP contribution in [0.3, 0.4) is 0 Å². The van der Waals surface area contributed by atoms with Crippen molar-refractivity contribution >= 4 is 11.9 Å². The number of aliphatic hydroxyl groups is 1. The number of hydrogen-bond acceptors (Lipinski definition) is 6. The van der Waals surface area contributed by atoms with E-state index in [0.29, 0.717) is 5.75 Å². The average molecular weight is 297 g/mol. The molecule has 0 saturated heterocycles. The Morgan fingerprint density at radius 2 is 1.86 bits per heavy atom. The van der Waals surface area contributed by atoms with Crippen molar-refractivity contribution in [3.05, 3.63) is 23.8 Å². The minimum Gasteiger partial charge on any atom is -0.493 e. The third-order valence-electron chi connectivity index (χ3n) is 2.87. The Hall–Kier alpha value is -2.28. The molecule has 1 aromatic rings. The van der Waals surface area contributed by atoms with Crippen molar-refractivity contribution in [2.24, 2.45) is 0 Å². The molecule has 0 aliphatic rings. The van der Waals surface area contributed by atoms with Crippen LogP contribution in [-0.4, -0.2) is 50.5 Å². The molecule has 1 aromatic carbocycles. The fraction of sp³-hybridized carbons (Fsp3) is 0.429. The lowest BCUT2D eigenvalue weighted by Crippen LogP contribution is -2.48. The number of ether oxygens (including phenoxy) is 3. The van der Waals surface area contributed by atoms with E-state index in [1.54, 1.807) is 12.1 Å². The molecule has 0 bridgehead atoms. The highest BCUT2D eigenvalue weighted by Crippen LogP contribution is 2.30. The van der Waals surface area contributed by atoms with E-state index in [2.05, 4.69) is 10.1 Å². The van der Waals surface area contributed by atoms with Crippen LogP contribution >= 0.6 is 0 Å². The van der Waals surface area contributed by atoms with E-state index in [9.17, 15) is 14.7 Å². The van der Waals surface area contributed by atoms with Crippen molar-refractivity contribution in [3.63, 3.8) is 0 Å². The van der Waals surface area contributed by atoms with Crippen molar-refractivity contribution in [3.8, 4) is 11.5 Å². The van der Waals surface area contributed by atoms with Crippen LogP contribution in [0.2, 0.25) is 0 Å². The molecule has 0 saturated carbocycles. The van der Waals surface area contributed by atoms with Gasteiger partial charge in [0.25, 0.3) is 5.91 Å². The van der Waals surface area contributed by atoms with Crippen molar-refractivity contribution in [2.45, 2.75) is 19.1 Å². The number of hydrogen-bond donors (Lipinski definition) is 2. The van der Waals surface area contributed by atoms with E-state index in [4.69, 9.17) is 9.47 Å². The van der Waals surface area contributed by atoms with Crippen molar-refractivity contribution in [1.29, 1.82) is 0 Å². The highest BCUT2D eigenvalue weighted by Gasteiger charge is 2.28. The summed E-state index contributed by atoms with van der Waals surface area (Å²) in [5.41, 5.74) is 0.186. The number of amides is 1. The van der Waals surface area contributed by atoms with Gasteiger partial charge in [-0.1, -0.05) is 6.07 Å². The maximum absolute atomic E-state index is 12.3. The molecule has 0 fully saturated rings. The molecule has 0 radical (unpaired) electrons. The smallest absolute Gasteiger partial charge is 0.331 e. The van der Waals surface area contributed by atoms with Gasteiger partial charge in [-0.05, 0) is 19.1 Å². The van der Waals surface area contributed by atoms with Crippen LogP contribution in [0, 0.1) is 0 Å². The van der Waals surface area contributed by atoms with Gasteiger partial charge in [0.15, 0.2) is 17.5 Å². The number of carbonyl (C=O) groups is 2. The highest BCUT2D eigenvalue weighted by atomic mass is 16.5. The highest BCUT2D eigenvalue weighted by molar-refractivity contribution is 5.99. The zero-order valence-electron chi connectivity index (χ0n) is 12.4. The second kappa shape index (κ2) is 7.49. The second-order valence-electron chi connectivity index (χ2n) is 4.26. The quantitative estimate of drug-likeness (QED) is 0.736. The summed E-state index contributed by atoms with van der Waals surface area (Å²) >= 11 is 0. The summed E-state index contributed by atoms with van der Waals surface area (Å²) in [6.07, 6.45) is -1.10. The number of esters is 1. The van der Waals surface area contributed by atoms with Gasteiger partial charge in [-0.15, -0.1) is 0 Å². The first-order valence-corrected chi connectivity index (χ1v) is 6.24. The average Bonchev–Trinajstić information content (AvgIpc) is 2.50. The third-order valence-corrected chi connectivity index (χ3v) is 2.87. The minimum absolute atomic E-state index is 0.186. The number of carbonyl (C=O) groups excluding carboxylic acids is 2. The molecule has 7 heteroatoms. The monoisotopic (exact) mass is 297 g/mol. The van der Waals surface area contributed by atoms with E-state index in [0.717, 1.165) is 0 Å². The molecule has 0 spiro atoms. The number of nitrogens with one attached hydrogen (secondary N) is 1. The molecule has 1 rings (SSSR count). The molecule has 2 atom stereocenters. The van der Waals surface area contributed by atoms with E-state index in [1.165, 1.54) is 34.3 Å². The number of methoxy groups -OCH3 is 3. The van der Waals surface area contributed by atoms with Crippen molar-refractivity contribution in [1.82, 2.24) is 5.32 Å². The Balaban J connectivity index is 3.06. The zero-order valence-corrected chi connectivity index (χ0v) is 12.4. The summed E-state index contributed by atoms with van der Waals surface area (Å²) in [7, 11) is 4.03. The van der Waals surface area contributed by atoms with Gasteiger partial charge in [0.2, 0.25) is 0 Å². The maximum atomic E-state index is 12.3. The molecule has 0 aliphatic carbocycles. The fourth-order valence-electron chi connectivity index (χ4n) is 1.79. The van der Waals surface area contributed by atoms with Gasteiger partial charge < -0.3 is 24.6 Å². The molecule has 0 heterocycles. The Labute approximate surface area is 122 Å². The Bertz CT molecular complexity index is 514. The van der Waals surface area contributed by atoms with Crippen LogP contribution in [0.1, 0.15) is 17.3 Å². The molecular weight excluding hydrogens is 278 g/mol. The molecule has 116 valence electrons. The van der Waals surface area contributed by atoms with Gasteiger partial charge in [-0.25, -0.2) is 4.79 Å². The summed E-state index contributed by atoms with van der Waals surface area (Å²) in [5.74, 6) is -0.689. The molecule has 21 heavy (non-hydrogen) atoms. The van der Waals surface area contributed by atoms with Crippen molar-refractivity contribution in [2.75, 3.05) is 21.3 Å². The largest absolute Gasteiger partial charge is 0.493 e. The van der Waals surface area contributed by atoms with Gasteiger partial charge in [0.1, 0.15) is 0 Å². The SMILES string of the molecule is COC(=O)[C@@H](NC(=O)c1cccc(OC)c1OC)[C@@H](C)O. The minimum atomic E-state index is -1.17. The zero-order chi connectivity index (χ0) is 16.0. The topological polar surface area (TPSA) is 94.1 Å². The van der Waals surface area contributed by atoms with Gasteiger partial charge in [-0.2, -0.15) is 0 Å². The Kier molecular flexibility index (Phi) is 5.98. The first-order chi connectivity index (χ1) is 9.96. The summed E-state index contributed by atoms with van der Waals surface area (Å²) in [6.45, 7) is 1.38. The Morgan fingerprint density at radius 1 is 1.19 bits per heavy atom.